The van der Waals surface area contributed by atoms with Gasteiger partial charge >= 0.3 is 0 Å². The Kier molecular flexibility index (Phi) is 4.72. The molecule has 0 saturated heterocycles. The van der Waals surface area contributed by atoms with Crippen molar-refractivity contribution < 1.29 is 0 Å². The summed E-state index contributed by atoms with van der Waals surface area (Å²) in [6, 6.07) is 24.0. The van der Waals surface area contributed by atoms with E-state index < -0.39 is 0 Å². The molecule has 0 unspecified atom stereocenters. The molecule has 0 saturated carbocycles. The smallest absolute Gasteiger partial charge is 0.0900 e. The number of hydrogen-bond acceptors (Lipinski definition) is 3. The van der Waals surface area contributed by atoms with Gasteiger partial charge in [-0.1, -0.05) is 30.2 Å². The van der Waals surface area contributed by atoms with Crippen molar-refractivity contribution in [2.75, 3.05) is 0 Å². The number of hydrogen-bond donors (Lipinski definition) is 0. The first-order chi connectivity index (χ1) is 13.3. The molecule has 3 aromatic heterocycles. The molecule has 0 fully saturated rings. The molecule has 4 rings (SSSR count). The fourth-order valence-corrected chi connectivity index (χ4v) is 2.88. The maximum atomic E-state index is 4.80. The first kappa shape index (κ1) is 16.7. The van der Waals surface area contributed by atoms with E-state index in [1.165, 1.54) is 0 Å². The predicted octanol–water partition coefficient (Wildman–Crippen LogP) is 5.24. The van der Waals surface area contributed by atoms with Crippen LogP contribution < -0.4 is 0 Å². The van der Waals surface area contributed by atoms with E-state index in [2.05, 4.69) is 46.1 Å². The van der Waals surface area contributed by atoms with Crippen molar-refractivity contribution in [3.05, 3.63) is 90.8 Å². The number of nitrogens with zero attached hydrogens (tertiary/aromatic N) is 3. The topological polar surface area (TPSA) is 38.7 Å². The van der Waals surface area contributed by atoms with Crippen molar-refractivity contribution in [1.82, 2.24) is 15.0 Å². The second-order valence-electron chi connectivity index (χ2n) is 6.01. The first-order valence-corrected chi connectivity index (χ1v) is 8.71. The van der Waals surface area contributed by atoms with Crippen molar-refractivity contribution in [2.45, 2.75) is 6.92 Å². The third-order valence-corrected chi connectivity index (χ3v) is 4.17. The van der Waals surface area contributed by atoms with Crippen LogP contribution in [0.25, 0.3) is 33.9 Å². The average molecular weight is 347 g/mol. The van der Waals surface area contributed by atoms with Crippen molar-refractivity contribution in [2.24, 2.45) is 0 Å². The molecule has 27 heavy (non-hydrogen) atoms. The van der Waals surface area contributed by atoms with E-state index in [-0.39, 0.29) is 0 Å². The van der Waals surface area contributed by atoms with E-state index in [0.29, 0.717) is 0 Å². The van der Waals surface area contributed by atoms with Gasteiger partial charge in [0.05, 0.1) is 22.8 Å². The highest BCUT2D eigenvalue weighted by molar-refractivity contribution is 5.74. The van der Waals surface area contributed by atoms with Gasteiger partial charge in [-0.05, 0) is 66.6 Å². The molecule has 3 nitrogen and oxygen atoms in total. The van der Waals surface area contributed by atoms with Crippen LogP contribution >= 0.6 is 0 Å². The number of aromatic nitrogens is 3. The summed E-state index contributed by atoms with van der Waals surface area (Å²) in [5, 5.41) is 0. The molecule has 0 radical (unpaired) electrons. The lowest BCUT2D eigenvalue weighted by atomic mass is 10.0. The molecule has 0 N–H and O–H groups in total. The summed E-state index contributed by atoms with van der Waals surface area (Å²) in [6.45, 7) is 1.84. The Hall–Kier alpha value is -3.77. The molecular formula is C24H17N3. The zero-order chi connectivity index (χ0) is 18.5. The largest absolute Gasteiger partial charge is 0.255 e. The minimum Gasteiger partial charge on any atom is -0.255 e. The van der Waals surface area contributed by atoms with E-state index in [1.54, 1.807) is 12.4 Å². The van der Waals surface area contributed by atoms with E-state index in [9.17, 15) is 0 Å². The van der Waals surface area contributed by atoms with Crippen LogP contribution in [0.5, 0.6) is 0 Å². The maximum Gasteiger partial charge on any atom is 0.0900 e. The van der Waals surface area contributed by atoms with Crippen molar-refractivity contribution in [1.29, 1.82) is 0 Å². The summed E-state index contributed by atoms with van der Waals surface area (Å²) in [5.41, 5.74) is 6.51. The Labute approximate surface area is 158 Å². The molecule has 0 atom stereocenters. The Bertz CT molecular complexity index is 1050. The molecule has 0 bridgehead atoms. The minimum atomic E-state index is 0.825. The number of rotatable bonds is 3. The molecule has 0 aliphatic rings. The molecular weight excluding hydrogens is 330 g/mol. The monoisotopic (exact) mass is 347 g/mol. The SMILES string of the molecule is CC#Cc1ccc(-c2cc(-c3ccccn3)nc(-c3ccccn3)c2)cc1. The Morgan fingerprint density at radius 1 is 0.630 bits per heavy atom. The third kappa shape index (κ3) is 3.75. The van der Waals surface area contributed by atoms with Crippen molar-refractivity contribution >= 4 is 0 Å². The van der Waals surface area contributed by atoms with Crippen LogP contribution in [0.15, 0.2) is 85.2 Å². The van der Waals surface area contributed by atoms with Crippen LogP contribution in [0.1, 0.15) is 12.5 Å². The van der Waals surface area contributed by atoms with Gasteiger partial charge in [0.2, 0.25) is 0 Å². The summed E-state index contributed by atoms with van der Waals surface area (Å²) < 4.78 is 0. The fraction of sp³-hybridized carbons (Fsp3) is 0.0417. The molecule has 3 heteroatoms. The van der Waals surface area contributed by atoms with Gasteiger partial charge in [-0.25, -0.2) is 4.98 Å². The van der Waals surface area contributed by atoms with Crippen molar-refractivity contribution in [3.63, 3.8) is 0 Å². The third-order valence-electron chi connectivity index (χ3n) is 4.17. The first-order valence-electron chi connectivity index (χ1n) is 8.71. The molecule has 4 aromatic rings. The molecule has 0 aliphatic heterocycles. The second-order valence-corrected chi connectivity index (χ2v) is 6.01. The second kappa shape index (κ2) is 7.63. The zero-order valence-corrected chi connectivity index (χ0v) is 14.9. The molecule has 0 amide bonds. The minimum absolute atomic E-state index is 0.825. The summed E-state index contributed by atoms with van der Waals surface area (Å²) in [4.78, 5) is 13.7. The average Bonchev–Trinajstić information content (AvgIpc) is 2.75. The van der Waals surface area contributed by atoms with Gasteiger partial charge in [0.1, 0.15) is 0 Å². The summed E-state index contributed by atoms with van der Waals surface area (Å²) >= 11 is 0. The van der Waals surface area contributed by atoms with Crippen LogP contribution in [0.3, 0.4) is 0 Å². The summed E-state index contributed by atoms with van der Waals surface area (Å²) in [7, 11) is 0. The van der Waals surface area contributed by atoms with Crippen molar-refractivity contribution in [3.8, 4) is 45.7 Å². The fourth-order valence-electron chi connectivity index (χ4n) is 2.88. The lowest BCUT2D eigenvalue weighted by molar-refractivity contribution is 1.22. The van der Waals surface area contributed by atoms with Gasteiger partial charge in [-0.3, -0.25) is 9.97 Å². The van der Waals surface area contributed by atoms with Gasteiger partial charge < -0.3 is 0 Å². The Morgan fingerprint density at radius 2 is 1.22 bits per heavy atom. The van der Waals surface area contributed by atoms with Crippen LogP contribution in [-0.4, -0.2) is 15.0 Å². The zero-order valence-electron chi connectivity index (χ0n) is 14.9. The van der Waals surface area contributed by atoms with E-state index >= 15 is 0 Å². The molecule has 3 heterocycles. The van der Waals surface area contributed by atoms with Crippen LogP contribution in [-0.2, 0) is 0 Å². The highest BCUT2D eigenvalue weighted by Crippen LogP contribution is 2.28. The highest BCUT2D eigenvalue weighted by Gasteiger charge is 2.10. The van der Waals surface area contributed by atoms with Gasteiger partial charge in [0.15, 0.2) is 0 Å². The molecule has 128 valence electrons. The number of benzene rings is 1. The lowest BCUT2D eigenvalue weighted by Crippen LogP contribution is -1.93. The molecule has 1 aromatic carbocycles. The Morgan fingerprint density at radius 3 is 1.70 bits per heavy atom. The van der Waals surface area contributed by atoms with Gasteiger partial charge in [-0.15, -0.1) is 5.92 Å². The summed E-state index contributed by atoms with van der Waals surface area (Å²) in [5.74, 6) is 6.01. The number of pyridine rings is 3. The highest BCUT2D eigenvalue weighted by atomic mass is 14.8. The lowest BCUT2D eigenvalue weighted by Gasteiger charge is -2.09. The maximum absolute atomic E-state index is 4.80. The summed E-state index contributed by atoms with van der Waals surface area (Å²) in [6.07, 6.45) is 3.56. The predicted molar refractivity (Wildman–Crippen MR) is 109 cm³/mol. The Balaban J connectivity index is 1.86. The molecule has 0 spiro atoms. The normalized spacial score (nSPS) is 10.1. The quantitative estimate of drug-likeness (QED) is 0.476. The van der Waals surface area contributed by atoms with Crippen LogP contribution in [0.2, 0.25) is 0 Å². The van der Waals surface area contributed by atoms with Gasteiger partial charge in [-0.2, -0.15) is 0 Å². The van der Waals surface area contributed by atoms with E-state index in [0.717, 1.165) is 39.5 Å². The standard InChI is InChI=1S/C24H17N3/c1-2-7-18-10-12-19(13-11-18)20-16-23(21-8-3-5-14-25-21)27-24(17-20)22-9-4-6-15-26-22/h3-6,8-17H,1H3. The molecule has 0 aliphatic carbocycles. The van der Waals surface area contributed by atoms with Gasteiger partial charge in [0.25, 0.3) is 0 Å². The van der Waals surface area contributed by atoms with Crippen LogP contribution in [0, 0.1) is 11.8 Å². The van der Waals surface area contributed by atoms with Gasteiger partial charge in [0, 0.05) is 18.0 Å². The van der Waals surface area contributed by atoms with E-state index in [4.69, 9.17) is 4.98 Å². The van der Waals surface area contributed by atoms with Crippen LogP contribution in [0.4, 0.5) is 0 Å². The van der Waals surface area contributed by atoms with E-state index in [1.807, 2.05) is 55.5 Å².